The van der Waals surface area contributed by atoms with Crippen LogP contribution in [0.4, 0.5) is 8.78 Å². The van der Waals surface area contributed by atoms with Crippen molar-refractivity contribution in [3.63, 3.8) is 0 Å². The Morgan fingerprint density at radius 2 is 1.73 bits per heavy atom. The van der Waals surface area contributed by atoms with Gasteiger partial charge in [-0.2, -0.15) is 25.8 Å². The standard InChI is InChI=1S/C16H23F2N5O2S/c1-12(21-8-10-22(11-9-21)26(24,25)20(2)3)15-19-13-6-4-5-7-14(13)23(15)16(17)18/h4-7,12,16H,8-11H2,1-3H3. The van der Waals surface area contributed by atoms with Crippen molar-refractivity contribution < 1.29 is 17.2 Å². The van der Waals surface area contributed by atoms with Gasteiger partial charge in [-0.1, -0.05) is 12.1 Å². The fourth-order valence-electron chi connectivity index (χ4n) is 3.28. The Kier molecular flexibility index (Phi) is 5.29. The van der Waals surface area contributed by atoms with Gasteiger partial charge in [0.2, 0.25) is 0 Å². The molecule has 10 heteroatoms. The van der Waals surface area contributed by atoms with Gasteiger partial charge in [0.1, 0.15) is 5.82 Å². The van der Waals surface area contributed by atoms with E-state index in [1.54, 1.807) is 24.3 Å². The van der Waals surface area contributed by atoms with Gasteiger partial charge in [0.15, 0.2) is 0 Å². The Hall–Kier alpha value is -1.62. The molecular formula is C16H23F2N5O2S. The van der Waals surface area contributed by atoms with E-state index in [2.05, 4.69) is 4.98 Å². The van der Waals surface area contributed by atoms with E-state index in [0.29, 0.717) is 43.0 Å². The molecule has 0 saturated carbocycles. The highest BCUT2D eigenvalue weighted by Crippen LogP contribution is 2.30. The van der Waals surface area contributed by atoms with Crippen molar-refractivity contribution in [2.24, 2.45) is 0 Å². The molecule has 144 valence electrons. The number of aromatic nitrogens is 2. The molecule has 0 bridgehead atoms. The van der Waals surface area contributed by atoms with Gasteiger partial charge < -0.3 is 0 Å². The normalized spacial score (nSPS) is 18.9. The molecule has 1 unspecified atom stereocenters. The topological polar surface area (TPSA) is 61.7 Å². The summed E-state index contributed by atoms with van der Waals surface area (Å²) in [6.45, 7) is 0.701. The number of hydrogen-bond acceptors (Lipinski definition) is 4. The molecule has 1 atom stereocenters. The Morgan fingerprint density at radius 3 is 2.31 bits per heavy atom. The number of para-hydroxylation sites is 2. The van der Waals surface area contributed by atoms with Crippen LogP contribution in [0.15, 0.2) is 24.3 Å². The van der Waals surface area contributed by atoms with E-state index < -0.39 is 16.8 Å². The zero-order valence-corrected chi connectivity index (χ0v) is 15.8. The van der Waals surface area contributed by atoms with Crippen LogP contribution in [0.5, 0.6) is 0 Å². The average Bonchev–Trinajstić information content (AvgIpc) is 3.00. The predicted molar refractivity (Wildman–Crippen MR) is 95.2 cm³/mol. The minimum Gasteiger partial charge on any atom is -0.291 e. The van der Waals surface area contributed by atoms with Gasteiger partial charge in [0.25, 0.3) is 10.2 Å². The molecule has 2 aromatic rings. The molecule has 0 amide bonds. The number of fused-ring (bicyclic) bond motifs is 1. The SMILES string of the molecule is CC(c1nc2ccccc2n1C(F)F)N1CCN(S(=O)(=O)N(C)C)CC1. The lowest BCUT2D eigenvalue weighted by molar-refractivity contribution is 0.0614. The van der Waals surface area contributed by atoms with Crippen LogP contribution >= 0.6 is 0 Å². The smallest absolute Gasteiger partial charge is 0.291 e. The minimum atomic E-state index is -3.46. The molecule has 0 aliphatic carbocycles. The summed E-state index contributed by atoms with van der Waals surface area (Å²) in [4.78, 5) is 6.39. The average molecular weight is 387 g/mol. The monoisotopic (exact) mass is 387 g/mol. The molecule has 0 radical (unpaired) electrons. The van der Waals surface area contributed by atoms with Crippen LogP contribution in [0.1, 0.15) is 25.3 Å². The Labute approximate surface area is 152 Å². The van der Waals surface area contributed by atoms with Crippen molar-refractivity contribution in [1.82, 2.24) is 23.1 Å². The number of rotatable bonds is 5. The number of hydrogen-bond donors (Lipinski definition) is 0. The van der Waals surface area contributed by atoms with E-state index in [1.807, 2.05) is 11.8 Å². The van der Waals surface area contributed by atoms with E-state index >= 15 is 0 Å². The zero-order valence-electron chi connectivity index (χ0n) is 15.0. The molecular weight excluding hydrogens is 364 g/mol. The van der Waals surface area contributed by atoms with Gasteiger partial charge in [-0.25, -0.2) is 4.98 Å². The second-order valence-electron chi connectivity index (χ2n) is 6.51. The minimum absolute atomic E-state index is 0.296. The first-order valence-electron chi connectivity index (χ1n) is 8.40. The second kappa shape index (κ2) is 7.18. The third-order valence-electron chi connectivity index (χ3n) is 4.80. The fourth-order valence-corrected chi connectivity index (χ4v) is 4.37. The first-order valence-corrected chi connectivity index (χ1v) is 9.80. The Balaban J connectivity index is 1.82. The first-order chi connectivity index (χ1) is 12.2. The second-order valence-corrected chi connectivity index (χ2v) is 8.65. The summed E-state index contributed by atoms with van der Waals surface area (Å²) >= 11 is 0. The lowest BCUT2D eigenvalue weighted by Gasteiger charge is -2.37. The van der Waals surface area contributed by atoms with E-state index in [0.717, 1.165) is 4.57 Å². The molecule has 0 N–H and O–H groups in total. The molecule has 0 spiro atoms. The van der Waals surface area contributed by atoms with Crippen LogP contribution in [-0.2, 0) is 10.2 Å². The molecule has 1 aliphatic rings. The van der Waals surface area contributed by atoms with Crippen molar-refractivity contribution >= 4 is 21.2 Å². The summed E-state index contributed by atoms with van der Waals surface area (Å²) < 4.78 is 55.2. The molecule has 2 heterocycles. The summed E-state index contributed by atoms with van der Waals surface area (Å²) in [5, 5.41) is 0. The van der Waals surface area contributed by atoms with Gasteiger partial charge in [-0.05, 0) is 19.1 Å². The van der Waals surface area contributed by atoms with Gasteiger partial charge in [-0.15, -0.1) is 0 Å². The van der Waals surface area contributed by atoms with Gasteiger partial charge >= 0.3 is 6.55 Å². The van der Waals surface area contributed by atoms with E-state index in [9.17, 15) is 17.2 Å². The molecule has 1 aliphatic heterocycles. The van der Waals surface area contributed by atoms with E-state index in [1.165, 1.54) is 22.7 Å². The largest absolute Gasteiger partial charge is 0.320 e. The highest BCUT2D eigenvalue weighted by molar-refractivity contribution is 7.86. The first kappa shape index (κ1) is 19.2. The summed E-state index contributed by atoms with van der Waals surface area (Å²) in [6, 6.07) is 6.48. The number of benzene rings is 1. The Morgan fingerprint density at radius 1 is 1.12 bits per heavy atom. The molecule has 7 nitrogen and oxygen atoms in total. The van der Waals surface area contributed by atoms with Crippen molar-refractivity contribution in [3.8, 4) is 0 Å². The van der Waals surface area contributed by atoms with Crippen molar-refractivity contribution in [1.29, 1.82) is 0 Å². The Bertz CT molecular complexity index is 876. The molecule has 3 rings (SSSR count). The van der Waals surface area contributed by atoms with Crippen molar-refractivity contribution in [2.45, 2.75) is 19.5 Å². The lowest BCUT2D eigenvalue weighted by Crippen LogP contribution is -2.52. The van der Waals surface area contributed by atoms with Crippen molar-refractivity contribution in [3.05, 3.63) is 30.1 Å². The fraction of sp³-hybridized carbons (Fsp3) is 0.562. The van der Waals surface area contributed by atoms with Crippen LogP contribution in [0.25, 0.3) is 11.0 Å². The molecule has 1 saturated heterocycles. The molecule has 1 aromatic heterocycles. The maximum absolute atomic E-state index is 13.6. The third kappa shape index (κ3) is 3.34. The van der Waals surface area contributed by atoms with Crippen molar-refractivity contribution in [2.75, 3.05) is 40.3 Å². The van der Waals surface area contributed by atoms with Gasteiger partial charge in [-0.3, -0.25) is 9.47 Å². The van der Waals surface area contributed by atoms with Crippen LogP contribution in [0, 0.1) is 0 Å². The van der Waals surface area contributed by atoms with Gasteiger partial charge in [0, 0.05) is 40.3 Å². The highest BCUT2D eigenvalue weighted by atomic mass is 32.2. The molecule has 1 fully saturated rings. The lowest BCUT2D eigenvalue weighted by atomic mass is 10.2. The number of halogens is 2. The zero-order chi connectivity index (χ0) is 19.1. The predicted octanol–water partition coefficient (Wildman–Crippen LogP) is 1.92. The maximum atomic E-state index is 13.6. The molecule has 1 aromatic carbocycles. The van der Waals surface area contributed by atoms with E-state index in [-0.39, 0.29) is 6.04 Å². The van der Waals surface area contributed by atoms with Crippen LogP contribution < -0.4 is 0 Å². The number of alkyl halides is 2. The summed E-state index contributed by atoms with van der Waals surface area (Å²) in [5.74, 6) is 0.296. The van der Waals surface area contributed by atoms with E-state index in [4.69, 9.17) is 0 Å². The quantitative estimate of drug-likeness (QED) is 0.786. The van der Waals surface area contributed by atoms with Gasteiger partial charge in [0.05, 0.1) is 17.1 Å². The highest BCUT2D eigenvalue weighted by Gasteiger charge is 2.32. The summed E-state index contributed by atoms with van der Waals surface area (Å²) in [6.07, 6.45) is 0. The third-order valence-corrected chi connectivity index (χ3v) is 6.74. The molecule has 26 heavy (non-hydrogen) atoms. The van der Waals surface area contributed by atoms with Crippen LogP contribution in [-0.4, -0.2) is 71.8 Å². The van der Waals surface area contributed by atoms with Crippen LogP contribution in [0.2, 0.25) is 0 Å². The maximum Gasteiger partial charge on any atom is 0.320 e. The summed E-state index contributed by atoms with van der Waals surface area (Å²) in [5.41, 5.74) is 0.932. The number of imidazole rings is 1. The number of nitrogens with zero attached hydrogens (tertiary/aromatic N) is 5. The summed E-state index contributed by atoms with van der Waals surface area (Å²) in [7, 11) is -0.466. The van der Waals surface area contributed by atoms with Crippen LogP contribution in [0.3, 0.4) is 0 Å². The number of piperazine rings is 1.